The first-order valence-electron chi connectivity index (χ1n) is 8.29. The van der Waals surface area contributed by atoms with E-state index >= 15 is 0 Å². The second-order valence-corrected chi connectivity index (χ2v) is 7.53. The van der Waals surface area contributed by atoms with Crippen LogP contribution in [-0.2, 0) is 10.2 Å². The van der Waals surface area contributed by atoms with Gasteiger partial charge in [0.1, 0.15) is 5.75 Å². The van der Waals surface area contributed by atoms with Crippen molar-refractivity contribution < 1.29 is 9.53 Å². The summed E-state index contributed by atoms with van der Waals surface area (Å²) in [5.41, 5.74) is 7.24. The lowest BCUT2D eigenvalue weighted by molar-refractivity contribution is -0.132. The molecule has 4 heteroatoms. The first kappa shape index (κ1) is 14.1. The summed E-state index contributed by atoms with van der Waals surface area (Å²) in [5.74, 6) is 1.43. The quantitative estimate of drug-likeness (QED) is 0.908. The predicted octanol–water partition coefficient (Wildman–Crippen LogP) is 1.92. The molecular weight excluding hydrogens is 276 g/mol. The van der Waals surface area contributed by atoms with Crippen LogP contribution in [0.15, 0.2) is 24.3 Å². The van der Waals surface area contributed by atoms with Crippen LogP contribution in [0.1, 0.15) is 31.7 Å². The molecule has 0 unspecified atom stereocenters. The van der Waals surface area contributed by atoms with Crippen LogP contribution >= 0.6 is 0 Å². The standard InChI is InChI=1S/C18H24N2O2/c1-17(11-19)6-8-20(12-17)16(21)14-10-18(14)7-9-22-15-5-3-2-4-13(15)18/h2-5,14H,6-12,19H2,1H3/t14-,17-,18+/m1/s1. The van der Waals surface area contributed by atoms with E-state index in [-0.39, 0.29) is 16.7 Å². The van der Waals surface area contributed by atoms with Gasteiger partial charge < -0.3 is 15.4 Å². The lowest BCUT2D eigenvalue weighted by atomic mass is 9.87. The topological polar surface area (TPSA) is 55.6 Å². The van der Waals surface area contributed by atoms with Gasteiger partial charge in [0.2, 0.25) is 5.91 Å². The van der Waals surface area contributed by atoms with Gasteiger partial charge in [-0.15, -0.1) is 0 Å². The predicted molar refractivity (Wildman–Crippen MR) is 84.7 cm³/mol. The van der Waals surface area contributed by atoms with Crippen LogP contribution in [0.4, 0.5) is 0 Å². The molecule has 1 aromatic carbocycles. The second kappa shape index (κ2) is 4.72. The highest BCUT2D eigenvalue weighted by molar-refractivity contribution is 5.85. The Morgan fingerprint density at radius 3 is 3.00 bits per heavy atom. The largest absolute Gasteiger partial charge is 0.493 e. The number of carbonyl (C=O) groups is 1. The minimum absolute atomic E-state index is 0.0353. The molecule has 3 atom stereocenters. The molecule has 118 valence electrons. The molecule has 1 spiro atoms. The Kier molecular flexibility index (Phi) is 3.02. The summed E-state index contributed by atoms with van der Waals surface area (Å²) in [4.78, 5) is 15.0. The summed E-state index contributed by atoms with van der Waals surface area (Å²) in [5, 5.41) is 0. The molecule has 1 amide bonds. The van der Waals surface area contributed by atoms with E-state index in [1.165, 1.54) is 5.56 Å². The molecule has 2 fully saturated rings. The minimum Gasteiger partial charge on any atom is -0.493 e. The van der Waals surface area contributed by atoms with Crippen LogP contribution < -0.4 is 10.5 Å². The number of likely N-dealkylation sites (tertiary alicyclic amines) is 1. The minimum atomic E-state index is 0.0353. The van der Waals surface area contributed by atoms with Crippen molar-refractivity contribution in [3.05, 3.63) is 29.8 Å². The maximum absolute atomic E-state index is 12.9. The van der Waals surface area contributed by atoms with E-state index in [0.717, 1.165) is 44.7 Å². The highest BCUT2D eigenvalue weighted by Gasteiger charge is 2.62. The number of hydrogen-bond donors (Lipinski definition) is 1. The SMILES string of the molecule is C[C@]1(CN)CCN(C(=O)[C@H]2C[C@]23CCOc2ccccc23)C1. The van der Waals surface area contributed by atoms with Crippen LogP contribution in [-0.4, -0.2) is 37.0 Å². The zero-order valence-corrected chi connectivity index (χ0v) is 13.2. The molecule has 22 heavy (non-hydrogen) atoms. The monoisotopic (exact) mass is 300 g/mol. The normalized spacial score (nSPS) is 36.1. The number of nitrogens with zero attached hydrogens (tertiary/aromatic N) is 1. The molecule has 0 aromatic heterocycles. The Hall–Kier alpha value is -1.55. The number of amides is 1. The molecule has 4 nitrogen and oxygen atoms in total. The Bertz CT molecular complexity index is 617. The van der Waals surface area contributed by atoms with Crippen LogP contribution in [0.2, 0.25) is 0 Å². The Labute approximate surface area is 131 Å². The van der Waals surface area contributed by atoms with Crippen LogP contribution in [0.5, 0.6) is 5.75 Å². The Balaban J connectivity index is 1.54. The molecule has 1 saturated carbocycles. The van der Waals surface area contributed by atoms with Gasteiger partial charge in [0.05, 0.1) is 6.61 Å². The van der Waals surface area contributed by atoms with Gasteiger partial charge in [0.15, 0.2) is 0 Å². The number of rotatable bonds is 2. The van der Waals surface area contributed by atoms with Crippen molar-refractivity contribution in [2.45, 2.75) is 31.6 Å². The number of para-hydroxylation sites is 1. The Morgan fingerprint density at radius 2 is 2.23 bits per heavy atom. The van der Waals surface area contributed by atoms with Gasteiger partial charge in [-0.2, -0.15) is 0 Å². The van der Waals surface area contributed by atoms with Crippen molar-refractivity contribution in [3.8, 4) is 5.75 Å². The summed E-state index contributed by atoms with van der Waals surface area (Å²) < 4.78 is 5.76. The summed E-state index contributed by atoms with van der Waals surface area (Å²) in [6.07, 6.45) is 2.96. The third-order valence-corrected chi connectivity index (χ3v) is 5.96. The fraction of sp³-hybridized carbons (Fsp3) is 0.611. The maximum atomic E-state index is 12.9. The molecule has 2 N–H and O–H groups in total. The van der Waals surface area contributed by atoms with E-state index in [1.54, 1.807) is 0 Å². The van der Waals surface area contributed by atoms with Gasteiger partial charge in [-0.1, -0.05) is 25.1 Å². The van der Waals surface area contributed by atoms with Crippen molar-refractivity contribution in [1.82, 2.24) is 4.90 Å². The van der Waals surface area contributed by atoms with Crippen LogP contribution in [0.3, 0.4) is 0 Å². The molecule has 1 aromatic rings. The number of nitrogens with two attached hydrogens (primary N) is 1. The average Bonchev–Trinajstić information content (AvgIpc) is 3.11. The zero-order chi connectivity index (χ0) is 15.4. The molecule has 1 aliphatic carbocycles. The van der Waals surface area contributed by atoms with Crippen molar-refractivity contribution in [3.63, 3.8) is 0 Å². The first-order chi connectivity index (χ1) is 10.6. The maximum Gasteiger partial charge on any atom is 0.226 e. The molecule has 1 saturated heterocycles. The van der Waals surface area contributed by atoms with Gasteiger partial charge >= 0.3 is 0 Å². The smallest absolute Gasteiger partial charge is 0.226 e. The number of fused-ring (bicyclic) bond motifs is 2. The second-order valence-electron chi connectivity index (χ2n) is 7.53. The van der Waals surface area contributed by atoms with Gasteiger partial charge in [-0.25, -0.2) is 0 Å². The van der Waals surface area contributed by atoms with E-state index < -0.39 is 0 Å². The van der Waals surface area contributed by atoms with Crippen molar-refractivity contribution >= 4 is 5.91 Å². The third-order valence-electron chi connectivity index (χ3n) is 5.96. The van der Waals surface area contributed by atoms with Crippen LogP contribution in [0.25, 0.3) is 0 Å². The summed E-state index contributed by atoms with van der Waals surface area (Å²) in [6.45, 7) is 5.24. The van der Waals surface area contributed by atoms with Gasteiger partial charge in [0, 0.05) is 30.0 Å². The van der Waals surface area contributed by atoms with E-state index in [0.29, 0.717) is 12.5 Å². The van der Waals surface area contributed by atoms with Gasteiger partial charge in [0.25, 0.3) is 0 Å². The number of benzene rings is 1. The molecule has 0 bridgehead atoms. The van der Waals surface area contributed by atoms with E-state index in [4.69, 9.17) is 10.5 Å². The van der Waals surface area contributed by atoms with Crippen LogP contribution in [0, 0.1) is 11.3 Å². The highest BCUT2D eigenvalue weighted by Crippen LogP contribution is 2.61. The molecular formula is C18H24N2O2. The molecule has 2 aliphatic heterocycles. The summed E-state index contributed by atoms with van der Waals surface area (Å²) in [6, 6.07) is 8.22. The first-order valence-corrected chi connectivity index (χ1v) is 8.29. The average molecular weight is 300 g/mol. The summed E-state index contributed by atoms with van der Waals surface area (Å²) >= 11 is 0. The van der Waals surface area contributed by atoms with Gasteiger partial charge in [-0.3, -0.25) is 4.79 Å². The number of carbonyl (C=O) groups excluding carboxylic acids is 1. The molecule has 0 radical (unpaired) electrons. The third kappa shape index (κ3) is 1.97. The lowest BCUT2D eigenvalue weighted by Crippen LogP contribution is -2.37. The van der Waals surface area contributed by atoms with E-state index in [2.05, 4.69) is 19.1 Å². The Morgan fingerprint density at radius 1 is 1.41 bits per heavy atom. The zero-order valence-electron chi connectivity index (χ0n) is 13.2. The lowest BCUT2D eigenvalue weighted by Gasteiger charge is -2.28. The summed E-state index contributed by atoms with van der Waals surface area (Å²) in [7, 11) is 0. The van der Waals surface area contributed by atoms with Gasteiger partial charge in [-0.05, 0) is 37.3 Å². The van der Waals surface area contributed by atoms with E-state index in [1.807, 2.05) is 17.0 Å². The fourth-order valence-corrected chi connectivity index (χ4v) is 4.28. The number of hydrogen-bond acceptors (Lipinski definition) is 3. The number of ether oxygens (including phenoxy) is 1. The highest BCUT2D eigenvalue weighted by atomic mass is 16.5. The van der Waals surface area contributed by atoms with Crippen molar-refractivity contribution in [1.29, 1.82) is 0 Å². The van der Waals surface area contributed by atoms with E-state index in [9.17, 15) is 4.79 Å². The van der Waals surface area contributed by atoms with Crippen molar-refractivity contribution in [2.24, 2.45) is 17.1 Å². The molecule has 3 aliphatic rings. The fourth-order valence-electron chi connectivity index (χ4n) is 4.28. The van der Waals surface area contributed by atoms with Crippen molar-refractivity contribution in [2.75, 3.05) is 26.2 Å². The molecule has 2 heterocycles. The molecule has 4 rings (SSSR count).